The number of nitrogens with one attached hydrogen (secondary N) is 1. The third kappa shape index (κ3) is 3.08. The smallest absolute Gasteiger partial charge is 0.223 e. The molecule has 1 aromatic rings. The summed E-state index contributed by atoms with van der Waals surface area (Å²) in [5.74, 6) is 1.59. The van der Waals surface area contributed by atoms with Crippen LogP contribution in [0.15, 0.2) is 4.42 Å². The van der Waals surface area contributed by atoms with Crippen molar-refractivity contribution in [2.75, 3.05) is 0 Å². The molecule has 4 nitrogen and oxygen atoms in total. The second kappa shape index (κ2) is 5.68. The van der Waals surface area contributed by atoms with Gasteiger partial charge >= 0.3 is 0 Å². The second-order valence-electron chi connectivity index (χ2n) is 3.97. The zero-order chi connectivity index (χ0) is 12.1. The molecule has 1 aromatic heterocycles. The first-order valence-electron chi connectivity index (χ1n) is 5.79. The van der Waals surface area contributed by atoms with E-state index in [1.807, 2.05) is 20.8 Å². The van der Waals surface area contributed by atoms with E-state index in [1.54, 1.807) is 6.92 Å². The minimum atomic E-state index is 0.0958. The zero-order valence-corrected chi connectivity index (χ0v) is 10.5. The third-order valence-corrected chi connectivity index (χ3v) is 2.78. The molecule has 0 fully saturated rings. The summed E-state index contributed by atoms with van der Waals surface area (Å²) >= 11 is 0. The summed E-state index contributed by atoms with van der Waals surface area (Å²) in [6, 6.07) is 0. The van der Waals surface area contributed by atoms with Crippen LogP contribution in [-0.2, 0) is 11.3 Å². The Bertz CT molecular complexity index is 354. The molecule has 0 bridgehead atoms. The summed E-state index contributed by atoms with van der Waals surface area (Å²) < 4.78 is 5.39. The van der Waals surface area contributed by atoms with Crippen LogP contribution < -0.4 is 5.32 Å². The van der Waals surface area contributed by atoms with Crippen molar-refractivity contribution in [3.05, 3.63) is 17.3 Å². The molecule has 1 amide bonds. The Morgan fingerprint density at radius 1 is 1.38 bits per heavy atom. The van der Waals surface area contributed by atoms with Gasteiger partial charge < -0.3 is 9.73 Å². The molecule has 1 N–H and O–H groups in total. The summed E-state index contributed by atoms with van der Waals surface area (Å²) in [4.78, 5) is 15.9. The van der Waals surface area contributed by atoms with Gasteiger partial charge in [-0.05, 0) is 19.8 Å². The lowest BCUT2D eigenvalue weighted by Gasteiger charge is -2.11. The molecular weight excluding hydrogens is 204 g/mol. The number of aromatic nitrogens is 1. The molecule has 0 atom stereocenters. The first-order chi connectivity index (χ1) is 7.58. The molecule has 90 valence electrons. The van der Waals surface area contributed by atoms with Crippen molar-refractivity contribution in [2.45, 2.75) is 47.1 Å². The number of oxazole rings is 1. The maximum Gasteiger partial charge on any atom is 0.223 e. The van der Waals surface area contributed by atoms with Gasteiger partial charge in [0.15, 0.2) is 5.89 Å². The highest BCUT2D eigenvalue weighted by Crippen LogP contribution is 2.11. The first kappa shape index (κ1) is 12.7. The number of amides is 1. The Morgan fingerprint density at radius 3 is 2.44 bits per heavy atom. The highest BCUT2D eigenvalue weighted by molar-refractivity contribution is 5.78. The molecule has 0 aromatic carbocycles. The predicted molar refractivity (Wildman–Crippen MR) is 61.9 cm³/mol. The van der Waals surface area contributed by atoms with Gasteiger partial charge in [0.2, 0.25) is 5.91 Å². The molecule has 0 radical (unpaired) electrons. The Morgan fingerprint density at radius 2 is 2.00 bits per heavy atom. The molecule has 0 aliphatic rings. The van der Waals surface area contributed by atoms with Crippen LogP contribution in [0.1, 0.15) is 44.0 Å². The highest BCUT2D eigenvalue weighted by Gasteiger charge is 2.15. The predicted octanol–water partition coefficient (Wildman–Crippen LogP) is 2.34. The maximum atomic E-state index is 11.7. The SMILES string of the molecule is CCC(CC)C(=O)NCc1oc(C)nc1C. The van der Waals surface area contributed by atoms with E-state index >= 15 is 0 Å². The molecule has 4 heteroatoms. The quantitative estimate of drug-likeness (QED) is 0.835. The number of nitrogens with zero attached hydrogens (tertiary/aromatic N) is 1. The van der Waals surface area contributed by atoms with Crippen molar-refractivity contribution in [2.24, 2.45) is 5.92 Å². The lowest BCUT2D eigenvalue weighted by atomic mass is 10.0. The van der Waals surface area contributed by atoms with Gasteiger partial charge in [-0.2, -0.15) is 0 Å². The van der Waals surface area contributed by atoms with Gasteiger partial charge in [0.25, 0.3) is 0 Å². The third-order valence-electron chi connectivity index (χ3n) is 2.78. The van der Waals surface area contributed by atoms with Crippen LogP contribution in [0.2, 0.25) is 0 Å². The summed E-state index contributed by atoms with van der Waals surface area (Å²) in [6.07, 6.45) is 1.74. The molecule has 1 rings (SSSR count). The molecule has 0 aliphatic heterocycles. The van der Waals surface area contributed by atoms with E-state index < -0.39 is 0 Å². The van der Waals surface area contributed by atoms with Crippen LogP contribution in [0.25, 0.3) is 0 Å². The number of carbonyl (C=O) groups excluding carboxylic acids is 1. The molecule has 0 aliphatic carbocycles. The number of rotatable bonds is 5. The van der Waals surface area contributed by atoms with Crippen LogP contribution in [0.5, 0.6) is 0 Å². The fraction of sp³-hybridized carbons (Fsp3) is 0.667. The Balaban J connectivity index is 2.51. The molecule has 0 spiro atoms. The molecule has 0 unspecified atom stereocenters. The average molecular weight is 224 g/mol. The summed E-state index contributed by atoms with van der Waals surface area (Å²) in [6.45, 7) is 8.17. The van der Waals surface area contributed by atoms with Crippen molar-refractivity contribution in [3.8, 4) is 0 Å². The Kier molecular flexibility index (Phi) is 4.52. The van der Waals surface area contributed by atoms with E-state index in [-0.39, 0.29) is 11.8 Å². The van der Waals surface area contributed by atoms with E-state index in [0.717, 1.165) is 24.3 Å². The molecule has 16 heavy (non-hydrogen) atoms. The largest absolute Gasteiger partial charge is 0.444 e. The summed E-state index contributed by atoms with van der Waals surface area (Å²) in [7, 11) is 0. The zero-order valence-electron chi connectivity index (χ0n) is 10.5. The van der Waals surface area contributed by atoms with E-state index in [2.05, 4.69) is 10.3 Å². The van der Waals surface area contributed by atoms with Crippen LogP contribution >= 0.6 is 0 Å². The van der Waals surface area contributed by atoms with Crippen LogP contribution in [0.3, 0.4) is 0 Å². The highest BCUT2D eigenvalue weighted by atomic mass is 16.4. The van der Waals surface area contributed by atoms with Crippen molar-refractivity contribution in [1.29, 1.82) is 0 Å². The normalized spacial score (nSPS) is 10.8. The van der Waals surface area contributed by atoms with Gasteiger partial charge in [-0.1, -0.05) is 13.8 Å². The van der Waals surface area contributed by atoms with E-state index in [0.29, 0.717) is 12.4 Å². The van der Waals surface area contributed by atoms with E-state index in [1.165, 1.54) is 0 Å². The van der Waals surface area contributed by atoms with E-state index in [4.69, 9.17) is 4.42 Å². The second-order valence-corrected chi connectivity index (χ2v) is 3.97. The van der Waals surface area contributed by atoms with Crippen molar-refractivity contribution in [3.63, 3.8) is 0 Å². The van der Waals surface area contributed by atoms with Crippen molar-refractivity contribution in [1.82, 2.24) is 10.3 Å². The van der Waals surface area contributed by atoms with Crippen LogP contribution in [-0.4, -0.2) is 10.9 Å². The maximum absolute atomic E-state index is 11.7. The van der Waals surface area contributed by atoms with Gasteiger partial charge in [-0.25, -0.2) is 4.98 Å². The standard InChI is InChI=1S/C12H20N2O2/c1-5-10(6-2)12(15)13-7-11-8(3)14-9(4)16-11/h10H,5-7H2,1-4H3,(H,13,15). The van der Waals surface area contributed by atoms with Crippen molar-refractivity contribution >= 4 is 5.91 Å². The number of hydrogen-bond donors (Lipinski definition) is 1. The molecular formula is C12H20N2O2. The van der Waals surface area contributed by atoms with Gasteiger partial charge in [0.05, 0.1) is 12.2 Å². The summed E-state index contributed by atoms with van der Waals surface area (Å²) in [5, 5.41) is 2.88. The Labute approximate surface area is 96.4 Å². The first-order valence-corrected chi connectivity index (χ1v) is 5.79. The molecule has 0 saturated heterocycles. The van der Waals surface area contributed by atoms with Gasteiger partial charge in [0.1, 0.15) is 5.76 Å². The minimum Gasteiger partial charge on any atom is -0.444 e. The Hall–Kier alpha value is -1.32. The monoisotopic (exact) mass is 224 g/mol. The topological polar surface area (TPSA) is 55.1 Å². The number of carbonyl (C=O) groups is 1. The summed E-state index contributed by atoms with van der Waals surface area (Å²) in [5.41, 5.74) is 0.849. The number of aryl methyl sites for hydroxylation is 2. The molecule has 1 heterocycles. The lowest BCUT2D eigenvalue weighted by molar-refractivity contribution is -0.125. The van der Waals surface area contributed by atoms with Crippen LogP contribution in [0.4, 0.5) is 0 Å². The number of hydrogen-bond acceptors (Lipinski definition) is 3. The lowest BCUT2D eigenvalue weighted by Crippen LogP contribution is -2.29. The van der Waals surface area contributed by atoms with Gasteiger partial charge in [-0.3, -0.25) is 4.79 Å². The van der Waals surface area contributed by atoms with Crippen molar-refractivity contribution < 1.29 is 9.21 Å². The fourth-order valence-electron chi connectivity index (χ4n) is 1.71. The minimum absolute atomic E-state index is 0.0958. The van der Waals surface area contributed by atoms with Gasteiger partial charge in [0, 0.05) is 12.8 Å². The molecule has 0 saturated carbocycles. The fourth-order valence-corrected chi connectivity index (χ4v) is 1.71. The van der Waals surface area contributed by atoms with Crippen LogP contribution in [0, 0.1) is 19.8 Å². The van der Waals surface area contributed by atoms with E-state index in [9.17, 15) is 4.79 Å². The van der Waals surface area contributed by atoms with Gasteiger partial charge in [-0.15, -0.1) is 0 Å². The average Bonchev–Trinajstić information content (AvgIpc) is 2.56.